The lowest BCUT2D eigenvalue weighted by atomic mass is 10.3. The number of carbonyl (C=O) groups is 1. The first-order valence-electron chi connectivity index (χ1n) is 8.17. The molecule has 0 aliphatic rings. The lowest BCUT2D eigenvalue weighted by Gasteiger charge is -2.09. The summed E-state index contributed by atoms with van der Waals surface area (Å²) >= 11 is 6.04. The molecule has 3 aromatic heterocycles. The summed E-state index contributed by atoms with van der Waals surface area (Å²) in [5, 5.41) is 15.3. The average molecular weight is 386 g/mol. The maximum Gasteiger partial charge on any atom is 0.358 e. The monoisotopic (exact) mass is 385 g/mol. The molecule has 0 amide bonds. The number of imidazole rings is 1. The quantitative estimate of drug-likeness (QED) is 0.361. The molecule has 0 bridgehead atoms. The van der Waals surface area contributed by atoms with Gasteiger partial charge in [0, 0.05) is 31.5 Å². The SMILES string of the molecule is CCOC(=O)c1cn2c(NCCNc3ccc(C#N)cn3)nc(Cl)cc2n1. The molecule has 9 nitrogen and oxygen atoms in total. The van der Waals surface area contributed by atoms with E-state index in [0.717, 1.165) is 0 Å². The Morgan fingerprint density at radius 3 is 2.85 bits per heavy atom. The minimum absolute atomic E-state index is 0.184. The molecule has 27 heavy (non-hydrogen) atoms. The molecule has 0 fully saturated rings. The third-order valence-electron chi connectivity index (χ3n) is 3.51. The fourth-order valence-corrected chi connectivity index (χ4v) is 2.50. The van der Waals surface area contributed by atoms with Gasteiger partial charge in [-0.3, -0.25) is 4.40 Å². The summed E-state index contributed by atoms with van der Waals surface area (Å²) in [6.07, 6.45) is 3.05. The van der Waals surface area contributed by atoms with Crippen LogP contribution < -0.4 is 10.6 Å². The smallest absolute Gasteiger partial charge is 0.358 e. The number of pyridine rings is 1. The van der Waals surface area contributed by atoms with Crippen molar-refractivity contribution in [2.45, 2.75) is 6.92 Å². The summed E-state index contributed by atoms with van der Waals surface area (Å²) in [6, 6.07) is 7.00. The van der Waals surface area contributed by atoms with E-state index >= 15 is 0 Å². The van der Waals surface area contributed by atoms with E-state index in [1.807, 2.05) is 6.07 Å². The maximum absolute atomic E-state index is 11.9. The fourth-order valence-electron chi connectivity index (χ4n) is 2.32. The fraction of sp³-hybridized carbons (Fsp3) is 0.235. The highest BCUT2D eigenvalue weighted by atomic mass is 35.5. The number of anilines is 2. The van der Waals surface area contributed by atoms with Crippen molar-refractivity contribution in [3.8, 4) is 6.07 Å². The van der Waals surface area contributed by atoms with Crippen molar-refractivity contribution in [1.29, 1.82) is 5.26 Å². The normalized spacial score (nSPS) is 10.4. The number of ether oxygens (including phenoxy) is 1. The minimum atomic E-state index is -0.503. The number of nitrogens with one attached hydrogen (secondary N) is 2. The van der Waals surface area contributed by atoms with Crippen molar-refractivity contribution in [3.63, 3.8) is 0 Å². The first kappa shape index (κ1) is 18.4. The largest absolute Gasteiger partial charge is 0.461 e. The Morgan fingerprint density at radius 2 is 2.15 bits per heavy atom. The second-order valence-corrected chi connectivity index (χ2v) is 5.76. The van der Waals surface area contributed by atoms with E-state index in [2.05, 4.69) is 25.6 Å². The Balaban J connectivity index is 1.66. The molecular weight excluding hydrogens is 370 g/mol. The van der Waals surface area contributed by atoms with Gasteiger partial charge in [-0.1, -0.05) is 11.6 Å². The van der Waals surface area contributed by atoms with Crippen LogP contribution in [0.3, 0.4) is 0 Å². The van der Waals surface area contributed by atoms with Crippen molar-refractivity contribution in [2.24, 2.45) is 0 Å². The van der Waals surface area contributed by atoms with E-state index in [0.29, 0.717) is 36.1 Å². The minimum Gasteiger partial charge on any atom is -0.461 e. The first-order chi connectivity index (χ1) is 13.1. The Kier molecular flexibility index (Phi) is 5.68. The summed E-state index contributed by atoms with van der Waals surface area (Å²) in [5.74, 6) is 0.610. The highest BCUT2D eigenvalue weighted by Crippen LogP contribution is 2.17. The van der Waals surface area contributed by atoms with Crippen LogP contribution in [0.15, 0.2) is 30.6 Å². The Hall–Kier alpha value is -3.38. The van der Waals surface area contributed by atoms with Crippen molar-refractivity contribution in [1.82, 2.24) is 19.4 Å². The maximum atomic E-state index is 11.9. The molecule has 0 aromatic carbocycles. The second-order valence-electron chi connectivity index (χ2n) is 5.37. The number of hydrogen-bond acceptors (Lipinski definition) is 8. The molecule has 0 atom stereocenters. The van der Waals surface area contributed by atoms with Gasteiger partial charge >= 0.3 is 5.97 Å². The van der Waals surface area contributed by atoms with Crippen LogP contribution in [0, 0.1) is 11.3 Å². The summed E-state index contributed by atoms with van der Waals surface area (Å²) in [4.78, 5) is 24.4. The molecule has 3 heterocycles. The van der Waals surface area contributed by atoms with E-state index in [-0.39, 0.29) is 17.5 Å². The standard InChI is InChI=1S/C17H16ClN7O2/c1-2-27-16(26)12-10-25-15(23-12)7-13(18)24-17(25)21-6-5-20-14-4-3-11(8-19)9-22-14/h3-4,7,9-10H,2,5-6H2,1H3,(H,20,22)(H,21,24). The zero-order valence-electron chi connectivity index (χ0n) is 14.4. The molecule has 0 aliphatic carbocycles. The lowest BCUT2D eigenvalue weighted by molar-refractivity contribution is 0.0520. The summed E-state index contributed by atoms with van der Waals surface area (Å²) < 4.78 is 6.60. The van der Waals surface area contributed by atoms with Gasteiger partial charge < -0.3 is 15.4 Å². The van der Waals surface area contributed by atoms with Gasteiger partial charge in [0.05, 0.1) is 12.2 Å². The number of fused-ring (bicyclic) bond motifs is 1. The molecular formula is C17H16ClN7O2. The third kappa shape index (κ3) is 4.43. The van der Waals surface area contributed by atoms with Gasteiger partial charge in [-0.25, -0.2) is 19.7 Å². The van der Waals surface area contributed by atoms with Gasteiger partial charge in [0.15, 0.2) is 5.69 Å². The van der Waals surface area contributed by atoms with E-state index in [4.69, 9.17) is 21.6 Å². The van der Waals surface area contributed by atoms with Gasteiger partial charge in [0.2, 0.25) is 5.95 Å². The number of hydrogen-bond donors (Lipinski definition) is 2. The van der Waals surface area contributed by atoms with Gasteiger partial charge in [0.25, 0.3) is 0 Å². The van der Waals surface area contributed by atoms with Crippen molar-refractivity contribution >= 4 is 35.0 Å². The Labute approximate surface area is 160 Å². The van der Waals surface area contributed by atoms with Gasteiger partial charge in [-0.05, 0) is 19.1 Å². The number of nitrogens with zero attached hydrogens (tertiary/aromatic N) is 5. The Bertz CT molecular complexity index is 995. The molecule has 0 aliphatic heterocycles. The highest BCUT2D eigenvalue weighted by Gasteiger charge is 2.14. The van der Waals surface area contributed by atoms with Crippen LogP contribution in [0.1, 0.15) is 23.0 Å². The molecule has 10 heteroatoms. The summed E-state index contributed by atoms with van der Waals surface area (Å²) in [6.45, 7) is 3.06. The van der Waals surface area contributed by atoms with Crippen LogP contribution in [0.4, 0.5) is 11.8 Å². The second kappa shape index (κ2) is 8.33. The number of halogens is 1. The number of carbonyl (C=O) groups excluding carboxylic acids is 1. The first-order valence-corrected chi connectivity index (χ1v) is 8.55. The molecule has 2 N–H and O–H groups in total. The molecule has 0 saturated heterocycles. The highest BCUT2D eigenvalue weighted by molar-refractivity contribution is 6.29. The molecule has 0 radical (unpaired) electrons. The zero-order valence-corrected chi connectivity index (χ0v) is 15.2. The molecule has 3 aromatic rings. The molecule has 0 spiro atoms. The van der Waals surface area contributed by atoms with E-state index < -0.39 is 5.97 Å². The summed E-state index contributed by atoms with van der Waals surface area (Å²) in [7, 11) is 0. The Morgan fingerprint density at radius 1 is 1.33 bits per heavy atom. The van der Waals surface area contributed by atoms with E-state index in [1.54, 1.807) is 35.7 Å². The number of aromatic nitrogens is 4. The van der Waals surface area contributed by atoms with Crippen LogP contribution in [-0.2, 0) is 4.74 Å². The number of esters is 1. The summed E-state index contributed by atoms with van der Waals surface area (Å²) in [5.41, 5.74) is 1.17. The van der Waals surface area contributed by atoms with Crippen LogP contribution in [0.25, 0.3) is 5.65 Å². The molecule has 0 unspecified atom stereocenters. The predicted octanol–water partition coefficient (Wildman–Crippen LogP) is 2.35. The predicted molar refractivity (Wildman–Crippen MR) is 99.9 cm³/mol. The van der Waals surface area contributed by atoms with Crippen LogP contribution in [0.5, 0.6) is 0 Å². The molecule has 0 saturated carbocycles. The molecule has 138 valence electrons. The van der Waals surface area contributed by atoms with Crippen LogP contribution >= 0.6 is 11.6 Å². The van der Waals surface area contributed by atoms with Crippen molar-refractivity contribution < 1.29 is 9.53 Å². The average Bonchev–Trinajstić information content (AvgIpc) is 3.10. The van der Waals surface area contributed by atoms with Crippen molar-refractivity contribution in [3.05, 3.63) is 47.0 Å². The topological polar surface area (TPSA) is 117 Å². The third-order valence-corrected chi connectivity index (χ3v) is 3.71. The van der Waals surface area contributed by atoms with E-state index in [9.17, 15) is 4.79 Å². The van der Waals surface area contributed by atoms with Gasteiger partial charge in [-0.2, -0.15) is 5.26 Å². The zero-order chi connectivity index (χ0) is 19.2. The van der Waals surface area contributed by atoms with Gasteiger partial charge in [0.1, 0.15) is 22.7 Å². The van der Waals surface area contributed by atoms with Gasteiger partial charge in [-0.15, -0.1) is 0 Å². The lowest BCUT2D eigenvalue weighted by Crippen LogP contribution is -2.16. The van der Waals surface area contributed by atoms with Crippen LogP contribution in [0.2, 0.25) is 5.15 Å². The molecule has 3 rings (SSSR count). The number of nitriles is 1. The van der Waals surface area contributed by atoms with Crippen molar-refractivity contribution in [2.75, 3.05) is 30.3 Å². The number of rotatable bonds is 7. The van der Waals surface area contributed by atoms with Crippen LogP contribution in [-0.4, -0.2) is 45.0 Å². The van der Waals surface area contributed by atoms with E-state index in [1.165, 1.54) is 6.20 Å².